The van der Waals surface area contributed by atoms with Crippen LogP contribution in [-0.2, 0) is 9.59 Å². The van der Waals surface area contributed by atoms with Crippen LogP contribution < -0.4 is 15.5 Å². The van der Waals surface area contributed by atoms with Crippen LogP contribution >= 0.6 is 0 Å². The standard InChI is InChI=1S/C20H23N3O2/c1-13-8-4-5-9-16(13)14(2)21-15(3)20(25)23-12-19(24)22-17-10-6-7-11-18(17)23/h4-11,14-15,21H,12H2,1-3H3,(H,22,24)/t14-,15-/m0/s1. The average molecular weight is 337 g/mol. The van der Waals surface area contributed by atoms with Crippen LogP contribution in [0.3, 0.4) is 0 Å². The van der Waals surface area contributed by atoms with Crippen LogP contribution in [0.5, 0.6) is 0 Å². The lowest BCUT2D eigenvalue weighted by molar-refractivity contribution is -0.123. The van der Waals surface area contributed by atoms with Gasteiger partial charge in [-0.25, -0.2) is 0 Å². The van der Waals surface area contributed by atoms with Crippen LogP contribution in [0.4, 0.5) is 11.4 Å². The summed E-state index contributed by atoms with van der Waals surface area (Å²) in [6.07, 6.45) is 0. The minimum Gasteiger partial charge on any atom is -0.323 e. The van der Waals surface area contributed by atoms with Crippen molar-refractivity contribution in [1.29, 1.82) is 0 Å². The normalized spacial score (nSPS) is 16.0. The Morgan fingerprint density at radius 1 is 1.12 bits per heavy atom. The Morgan fingerprint density at radius 3 is 2.56 bits per heavy atom. The highest BCUT2D eigenvalue weighted by Gasteiger charge is 2.30. The van der Waals surface area contributed by atoms with E-state index in [1.165, 1.54) is 11.1 Å². The molecule has 1 aliphatic heterocycles. The van der Waals surface area contributed by atoms with Gasteiger partial charge in [0.15, 0.2) is 0 Å². The number of carbonyl (C=O) groups is 2. The van der Waals surface area contributed by atoms with Crippen LogP contribution in [0.2, 0.25) is 0 Å². The molecule has 130 valence electrons. The molecule has 2 N–H and O–H groups in total. The third-order valence-electron chi connectivity index (χ3n) is 4.56. The molecule has 0 unspecified atom stereocenters. The van der Waals surface area contributed by atoms with Crippen molar-refractivity contribution in [3.8, 4) is 0 Å². The fourth-order valence-electron chi connectivity index (χ4n) is 3.27. The van der Waals surface area contributed by atoms with E-state index >= 15 is 0 Å². The summed E-state index contributed by atoms with van der Waals surface area (Å²) in [5.74, 6) is -0.283. The molecule has 5 nitrogen and oxygen atoms in total. The van der Waals surface area contributed by atoms with Gasteiger partial charge in [-0.2, -0.15) is 0 Å². The molecule has 1 heterocycles. The lowest BCUT2D eigenvalue weighted by atomic mass is 10.0. The van der Waals surface area contributed by atoms with Gasteiger partial charge in [0.2, 0.25) is 11.8 Å². The molecule has 0 fully saturated rings. The van der Waals surface area contributed by atoms with Crippen molar-refractivity contribution in [3.05, 3.63) is 59.7 Å². The number of rotatable bonds is 4. The highest BCUT2D eigenvalue weighted by Crippen LogP contribution is 2.29. The Hall–Kier alpha value is -2.66. The maximum Gasteiger partial charge on any atom is 0.244 e. The molecule has 0 saturated heterocycles. The largest absolute Gasteiger partial charge is 0.323 e. The van der Waals surface area contributed by atoms with Crippen molar-refractivity contribution in [2.45, 2.75) is 32.9 Å². The highest BCUT2D eigenvalue weighted by molar-refractivity contribution is 6.11. The summed E-state index contributed by atoms with van der Waals surface area (Å²) in [5, 5.41) is 6.16. The van der Waals surface area contributed by atoms with E-state index in [9.17, 15) is 9.59 Å². The number of anilines is 2. The van der Waals surface area contributed by atoms with E-state index in [0.29, 0.717) is 5.69 Å². The average Bonchev–Trinajstić information content (AvgIpc) is 2.60. The summed E-state index contributed by atoms with van der Waals surface area (Å²) in [6.45, 7) is 5.99. The molecule has 0 spiro atoms. The summed E-state index contributed by atoms with van der Waals surface area (Å²) in [5.41, 5.74) is 3.76. The van der Waals surface area contributed by atoms with Gasteiger partial charge >= 0.3 is 0 Å². The molecule has 0 radical (unpaired) electrons. The number of carbonyl (C=O) groups excluding carboxylic acids is 2. The van der Waals surface area contributed by atoms with Gasteiger partial charge in [-0.05, 0) is 44.0 Å². The highest BCUT2D eigenvalue weighted by atomic mass is 16.2. The molecule has 0 aromatic heterocycles. The van der Waals surface area contributed by atoms with Crippen molar-refractivity contribution in [3.63, 3.8) is 0 Å². The zero-order chi connectivity index (χ0) is 18.0. The molecular weight excluding hydrogens is 314 g/mol. The molecule has 2 aromatic carbocycles. The summed E-state index contributed by atoms with van der Waals surface area (Å²) in [6, 6.07) is 15.1. The summed E-state index contributed by atoms with van der Waals surface area (Å²) >= 11 is 0. The SMILES string of the molecule is Cc1ccccc1[C@H](C)N[C@@H](C)C(=O)N1CC(=O)Nc2ccccc21. The van der Waals surface area contributed by atoms with Gasteiger partial charge in [0, 0.05) is 6.04 Å². The minimum atomic E-state index is -0.409. The molecule has 25 heavy (non-hydrogen) atoms. The number of benzene rings is 2. The molecule has 0 saturated carbocycles. The number of para-hydroxylation sites is 2. The van der Waals surface area contributed by atoms with Crippen LogP contribution in [0.25, 0.3) is 0 Å². The second kappa shape index (κ2) is 7.07. The maximum atomic E-state index is 12.9. The van der Waals surface area contributed by atoms with Crippen LogP contribution in [-0.4, -0.2) is 24.4 Å². The first kappa shape index (κ1) is 17.2. The molecule has 0 aliphatic carbocycles. The third-order valence-corrected chi connectivity index (χ3v) is 4.56. The van der Waals surface area contributed by atoms with Gasteiger partial charge in [-0.3, -0.25) is 19.8 Å². The van der Waals surface area contributed by atoms with Gasteiger partial charge < -0.3 is 5.32 Å². The lowest BCUT2D eigenvalue weighted by Gasteiger charge is -2.32. The Balaban J connectivity index is 1.77. The smallest absolute Gasteiger partial charge is 0.244 e. The van der Waals surface area contributed by atoms with E-state index in [2.05, 4.69) is 29.7 Å². The number of nitrogens with one attached hydrogen (secondary N) is 2. The number of nitrogens with zero attached hydrogens (tertiary/aromatic N) is 1. The van der Waals surface area contributed by atoms with E-state index in [-0.39, 0.29) is 24.4 Å². The summed E-state index contributed by atoms with van der Waals surface area (Å²) in [7, 11) is 0. The molecule has 2 aromatic rings. The van der Waals surface area contributed by atoms with E-state index in [4.69, 9.17) is 0 Å². The number of fused-ring (bicyclic) bond motifs is 1. The zero-order valence-electron chi connectivity index (χ0n) is 14.7. The Bertz CT molecular complexity index is 803. The fraction of sp³-hybridized carbons (Fsp3) is 0.300. The van der Waals surface area contributed by atoms with Crippen molar-refractivity contribution in [2.24, 2.45) is 0 Å². The Labute approximate surface area is 148 Å². The predicted octanol–water partition coefficient (Wildman–Crippen LogP) is 3.02. The molecule has 0 bridgehead atoms. The zero-order valence-corrected chi connectivity index (χ0v) is 14.7. The predicted molar refractivity (Wildman–Crippen MR) is 99.6 cm³/mol. The van der Waals surface area contributed by atoms with Crippen molar-refractivity contribution in [1.82, 2.24) is 5.32 Å². The molecule has 2 amide bonds. The minimum absolute atomic E-state index is 0.0361. The number of amides is 2. The Morgan fingerprint density at radius 2 is 1.80 bits per heavy atom. The van der Waals surface area contributed by atoms with Gasteiger partial charge in [-0.15, -0.1) is 0 Å². The quantitative estimate of drug-likeness (QED) is 0.901. The van der Waals surface area contributed by atoms with E-state index in [0.717, 1.165) is 5.69 Å². The van der Waals surface area contributed by atoms with Crippen molar-refractivity contribution in [2.75, 3.05) is 16.8 Å². The second-order valence-electron chi connectivity index (χ2n) is 6.46. The van der Waals surface area contributed by atoms with Crippen molar-refractivity contribution < 1.29 is 9.59 Å². The Kier molecular flexibility index (Phi) is 4.86. The van der Waals surface area contributed by atoms with Gasteiger partial charge in [0.1, 0.15) is 6.54 Å². The number of hydrogen-bond donors (Lipinski definition) is 2. The first-order valence-corrected chi connectivity index (χ1v) is 8.49. The van der Waals surface area contributed by atoms with E-state index in [1.54, 1.807) is 11.0 Å². The van der Waals surface area contributed by atoms with Gasteiger partial charge in [-0.1, -0.05) is 36.4 Å². The van der Waals surface area contributed by atoms with Gasteiger partial charge in [0.05, 0.1) is 17.4 Å². The van der Waals surface area contributed by atoms with Gasteiger partial charge in [0.25, 0.3) is 0 Å². The molecular formula is C20H23N3O2. The third kappa shape index (κ3) is 3.56. The second-order valence-corrected chi connectivity index (χ2v) is 6.46. The summed E-state index contributed by atoms with van der Waals surface area (Å²) < 4.78 is 0. The molecule has 2 atom stereocenters. The van der Waals surface area contributed by atoms with Crippen molar-refractivity contribution >= 4 is 23.2 Å². The van der Waals surface area contributed by atoms with Crippen LogP contribution in [0, 0.1) is 6.92 Å². The lowest BCUT2D eigenvalue weighted by Crippen LogP contribution is -2.50. The number of aryl methyl sites for hydroxylation is 1. The number of hydrogen-bond acceptors (Lipinski definition) is 3. The fourth-order valence-corrected chi connectivity index (χ4v) is 3.27. The van der Waals surface area contributed by atoms with Crippen LogP contribution in [0.15, 0.2) is 48.5 Å². The molecule has 3 rings (SSSR count). The summed E-state index contributed by atoms with van der Waals surface area (Å²) in [4.78, 5) is 26.4. The first-order valence-electron chi connectivity index (χ1n) is 8.49. The van der Waals surface area contributed by atoms with Crippen LogP contribution in [0.1, 0.15) is 31.0 Å². The van der Waals surface area contributed by atoms with E-state index in [1.807, 2.05) is 44.2 Å². The molecule has 1 aliphatic rings. The first-order chi connectivity index (χ1) is 12.0. The van der Waals surface area contributed by atoms with E-state index < -0.39 is 6.04 Å². The topological polar surface area (TPSA) is 61.4 Å². The molecule has 5 heteroatoms. The maximum absolute atomic E-state index is 12.9. The monoisotopic (exact) mass is 337 g/mol.